The predicted molar refractivity (Wildman–Crippen MR) is 87.0 cm³/mol. The van der Waals surface area contributed by atoms with Crippen LogP contribution in [-0.4, -0.2) is 29.4 Å². The van der Waals surface area contributed by atoms with Crippen LogP contribution in [-0.2, 0) is 4.79 Å². The second kappa shape index (κ2) is 5.92. The molecule has 1 aliphatic rings. The lowest BCUT2D eigenvalue weighted by Gasteiger charge is -2.18. The molecule has 0 aromatic heterocycles. The maximum atomic E-state index is 11.1. The van der Waals surface area contributed by atoms with Crippen molar-refractivity contribution in [2.75, 3.05) is 12.3 Å². The Bertz CT molecular complexity index is 626. The van der Waals surface area contributed by atoms with Crippen LogP contribution in [0.4, 0.5) is 0 Å². The van der Waals surface area contributed by atoms with Crippen molar-refractivity contribution in [2.24, 2.45) is 0 Å². The Morgan fingerprint density at radius 3 is 2.10 bits per heavy atom. The van der Waals surface area contributed by atoms with Crippen LogP contribution in [0.5, 0.6) is 0 Å². The molecule has 2 aromatic rings. The van der Waals surface area contributed by atoms with E-state index in [0.717, 1.165) is 0 Å². The molecule has 0 heterocycles. The molecule has 3 nitrogen and oxygen atoms in total. The zero-order valence-corrected chi connectivity index (χ0v) is 12.4. The Morgan fingerprint density at radius 2 is 1.62 bits per heavy atom. The molecule has 0 saturated carbocycles. The number of fused-ring (bicyclic) bond motifs is 3. The molecule has 3 rings (SSSR count). The van der Waals surface area contributed by atoms with Gasteiger partial charge in [0.1, 0.15) is 6.04 Å². The van der Waals surface area contributed by atoms with Crippen LogP contribution in [0.15, 0.2) is 48.5 Å². The SMILES string of the molecule is O=C(O)[C@H](CS)NCC1c2ccccc2-c2ccccc21. The number of thiol groups is 1. The van der Waals surface area contributed by atoms with E-state index in [0.29, 0.717) is 6.54 Å². The van der Waals surface area contributed by atoms with E-state index in [4.69, 9.17) is 5.11 Å². The zero-order chi connectivity index (χ0) is 14.8. The lowest BCUT2D eigenvalue weighted by molar-refractivity contribution is -0.138. The average Bonchev–Trinajstić information content (AvgIpc) is 2.82. The molecule has 1 atom stereocenters. The van der Waals surface area contributed by atoms with Gasteiger partial charge in [-0.25, -0.2) is 0 Å². The molecular weight excluding hydrogens is 282 g/mol. The van der Waals surface area contributed by atoms with E-state index < -0.39 is 12.0 Å². The van der Waals surface area contributed by atoms with Crippen LogP contribution in [0.25, 0.3) is 11.1 Å². The average molecular weight is 299 g/mol. The maximum Gasteiger partial charge on any atom is 0.321 e. The van der Waals surface area contributed by atoms with Gasteiger partial charge in [0.25, 0.3) is 0 Å². The van der Waals surface area contributed by atoms with Crippen molar-refractivity contribution in [2.45, 2.75) is 12.0 Å². The van der Waals surface area contributed by atoms with Crippen molar-refractivity contribution in [3.05, 3.63) is 59.7 Å². The summed E-state index contributed by atoms with van der Waals surface area (Å²) in [5.74, 6) is -0.380. The van der Waals surface area contributed by atoms with E-state index >= 15 is 0 Å². The van der Waals surface area contributed by atoms with Crippen molar-refractivity contribution >= 4 is 18.6 Å². The monoisotopic (exact) mass is 299 g/mol. The second-order valence-electron chi connectivity index (χ2n) is 5.21. The predicted octanol–water partition coefficient (Wildman–Crippen LogP) is 2.77. The number of carbonyl (C=O) groups is 1. The van der Waals surface area contributed by atoms with Gasteiger partial charge in [-0.15, -0.1) is 0 Å². The minimum atomic E-state index is -0.857. The van der Waals surface area contributed by atoms with E-state index in [1.165, 1.54) is 22.3 Å². The van der Waals surface area contributed by atoms with Gasteiger partial charge >= 0.3 is 5.97 Å². The van der Waals surface area contributed by atoms with Gasteiger partial charge in [-0.2, -0.15) is 12.6 Å². The first-order valence-corrected chi connectivity index (χ1v) is 7.61. The quantitative estimate of drug-likeness (QED) is 0.744. The Labute approximate surface area is 129 Å². The summed E-state index contributed by atoms with van der Waals surface area (Å²) in [7, 11) is 0. The zero-order valence-electron chi connectivity index (χ0n) is 11.5. The van der Waals surface area contributed by atoms with E-state index in [1.54, 1.807) is 0 Å². The first kappa shape index (κ1) is 14.2. The summed E-state index contributed by atoms with van der Waals surface area (Å²) in [6.07, 6.45) is 0. The van der Waals surface area contributed by atoms with Crippen molar-refractivity contribution in [3.8, 4) is 11.1 Å². The van der Waals surface area contributed by atoms with Crippen LogP contribution >= 0.6 is 12.6 Å². The van der Waals surface area contributed by atoms with Gasteiger partial charge in [-0.05, 0) is 22.3 Å². The molecule has 0 unspecified atom stereocenters. The molecule has 1 aliphatic carbocycles. The van der Waals surface area contributed by atoms with Crippen LogP contribution in [0, 0.1) is 0 Å². The van der Waals surface area contributed by atoms with Crippen LogP contribution in [0.1, 0.15) is 17.0 Å². The van der Waals surface area contributed by atoms with Crippen molar-refractivity contribution in [1.29, 1.82) is 0 Å². The van der Waals surface area contributed by atoms with Gasteiger partial charge in [0.15, 0.2) is 0 Å². The molecule has 0 saturated heterocycles. The van der Waals surface area contributed by atoms with E-state index in [1.807, 2.05) is 24.3 Å². The highest BCUT2D eigenvalue weighted by Crippen LogP contribution is 2.44. The summed E-state index contributed by atoms with van der Waals surface area (Å²) in [5, 5.41) is 12.2. The fraction of sp³-hybridized carbons (Fsp3) is 0.235. The Hall–Kier alpha value is -1.78. The summed E-state index contributed by atoms with van der Waals surface area (Å²) >= 11 is 4.10. The molecular formula is C17H17NO2S. The highest BCUT2D eigenvalue weighted by molar-refractivity contribution is 7.80. The topological polar surface area (TPSA) is 49.3 Å². The summed E-state index contributed by atoms with van der Waals surface area (Å²) in [5.41, 5.74) is 5.01. The van der Waals surface area contributed by atoms with Gasteiger partial charge in [0.05, 0.1) is 0 Å². The van der Waals surface area contributed by atoms with Crippen LogP contribution in [0.3, 0.4) is 0 Å². The first-order chi connectivity index (χ1) is 10.2. The molecule has 0 aliphatic heterocycles. The molecule has 2 aromatic carbocycles. The molecule has 21 heavy (non-hydrogen) atoms. The summed E-state index contributed by atoms with van der Waals surface area (Å²) in [6.45, 7) is 0.603. The number of rotatable bonds is 5. The Balaban J connectivity index is 1.90. The molecule has 0 bridgehead atoms. The summed E-state index contributed by atoms with van der Waals surface area (Å²) < 4.78 is 0. The molecule has 0 amide bonds. The summed E-state index contributed by atoms with van der Waals surface area (Å²) in [4.78, 5) is 11.1. The third-order valence-corrected chi connectivity index (χ3v) is 4.38. The number of benzene rings is 2. The number of nitrogens with one attached hydrogen (secondary N) is 1. The van der Waals surface area contributed by atoms with Crippen LogP contribution < -0.4 is 5.32 Å². The van der Waals surface area contributed by atoms with E-state index in [2.05, 4.69) is 42.2 Å². The van der Waals surface area contributed by atoms with Crippen molar-refractivity contribution in [3.63, 3.8) is 0 Å². The normalized spacial score (nSPS) is 14.5. The van der Waals surface area contributed by atoms with E-state index in [-0.39, 0.29) is 11.7 Å². The lowest BCUT2D eigenvalue weighted by Crippen LogP contribution is -2.40. The molecule has 108 valence electrons. The number of carboxylic acids is 1. The Morgan fingerprint density at radius 1 is 1.10 bits per heavy atom. The molecule has 0 spiro atoms. The number of carboxylic acid groups (broad SMARTS) is 1. The van der Waals surface area contributed by atoms with Crippen molar-refractivity contribution in [1.82, 2.24) is 5.32 Å². The largest absolute Gasteiger partial charge is 0.480 e. The minimum Gasteiger partial charge on any atom is -0.480 e. The number of aliphatic carboxylic acids is 1. The third kappa shape index (κ3) is 2.57. The van der Waals surface area contributed by atoms with Gasteiger partial charge in [-0.3, -0.25) is 4.79 Å². The van der Waals surface area contributed by atoms with E-state index in [9.17, 15) is 4.79 Å². The standard InChI is InChI=1S/C17H17NO2S/c19-17(20)16(10-21)18-9-15-13-7-3-1-5-11(13)12-6-2-4-8-14(12)15/h1-8,15-16,18,21H,9-10H2,(H,19,20)/t16-/m0/s1. The molecule has 2 N–H and O–H groups in total. The fourth-order valence-corrected chi connectivity index (χ4v) is 3.26. The smallest absolute Gasteiger partial charge is 0.321 e. The van der Waals surface area contributed by atoms with Gasteiger partial charge in [0, 0.05) is 18.2 Å². The van der Waals surface area contributed by atoms with Crippen LogP contribution in [0.2, 0.25) is 0 Å². The number of hydrogen-bond donors (Lipinski definition) is 3. The molecule has 4 heteroatoms. The molecule has 0 fully saturated rings. The lowest BCUT2D eigenvalue weighted by atomic mass is 9.97. The molecule has 0 radical (unpaired) electrons. The van der Waals surface area contributed by atoms with Gasteiger partial charge in [-0.1, -0.05) is 48.5 Å². The maximum absolute atomic E-state index is 11.1. The second-order valence-corrected chi connectivity index (χ2v) is 5.57. The Kier molecular flexibility index (Phi) is 3.99. The van der Waals surface area contributed by atoms with Gasteiger partial charge in [0.2, 0.25) is 0 Å². The third-order valence-electron chi connectivity index (χ3n) is 4.01. The fourth-order valence-electron chi connectivity index (χ4n) is 2.97. The highest BCUT2D eigenvalue weighted by atomic mass is 32.1. The first-order valence-electron chi connectivity index (χ1n) is 6.97. The van der Waals surface area contributed by atoms with Crippen molar-refractivity contribution < 1.29 is 9.90 Å². The highest BCUT2D eigenvalue weighted by Gasteiger charge is 2.28. The van der Waals surface area contributed by atoms with Gasteiger partial charge < -0.3 is 10.4 Å². The summed E-state index contributed by atoms with van der Waals surface area (Å²) in [6, 6.07) is 16.0. The number of hydrogen-bond acceptors (Lipinski definition) is 3. The minimum absolute atomic E-state index is 0.194.